The molecule has 6 N–H and O–H groups in total. The number of benzene rings is 3. The molecule has 3 aromatic rings. The molecule has 1 heterocycles. The van der Waals surface area contributed by atoms with Gasteiger partial charge in [0.2, 0.25) is 35.4 Å². The van der Waals surface area contributed by atoms with Crippen molar-refractivity contribution in [3.05, 3.63) is 107 Å². The van der Waals surface area contributed by atoms with Crippen LogP contribution in [-0.4, -0.2) is 143 Å². The van der Waals surface area contributed by atoms with Gasteiger partial charge in [0.1, 0.15) is 37.1 Å². The zero-order chi connectivity index (χ0) is 43.6. The molecule has 0 unspecified atom stereocenters. The highest BCUT2D eigenvalue weighted by Crippen LogP contribution is 2.15. The third kappa shape index (κ3) is 14.8. The molecule has 324 valence electrons. The summed E-state index contributed by atoms with van der Waals surface area (Å²) < 4.78 is 41.6. The quantitative estimate of drug-likeness (QED) is 0.200. The number of carbonyl (C=O) groups is 6. The Kier molecular flexibility index (Phi) is 18.5. The highest BCUT2D eigenvalue weighted by atomic mass is 19.1. The second-order valence-corrected chi connectivity index (χ2v) is 14.5. The van der Waals surface area contributed by atoms with Gasteiger partial charge < -0.3 is 46.6 Å². The van der Waals surface area contributed by atoms with Gasteiger partial charge in [-0.3, -0.25) is 28.8 Å². The molecule has 3 aromatic carbocycles. The number of hydrogen-bond donors (Lipinski definition) is 3. The highest BCUT2D eigenvalue weighted by molar-refractivity contribution is 5.93. The molecule has 1 saturated heterocycles. The van der Waals surface area contributed by atoms with E-state index in [9.17, 15) is 41.9 Å². The predicted molar refractivity (Wildman–Crippen MR) is 216 cm³/mol. The van der Waals surface area contributed by atoms with E-state index in [0.717, 1.165) is 0 Å². The minimum Gasteiger partial charge on any atom is -0.332 e. The zero-order valence-electron chi connectivity index (χ0n) is 33.7. The first-order valence-corrected chi connectivity index (χ1v) is 19.8. The number of amides is 6. The van der Waals surface area contributed by atoms with Gasteiger partial charge in [0.05, 0.1) is 19.6 Å². The van der Waals surface area contributed by atoms with Crippen molar-refractivity contribution in [2.75, 3.05) is 78.5 Å². The van der Waals surface area contributed by atoms with E-state index in [1.54, 1.807) is 0 Å². The Labute approximate surface area is 347 Å². The van der Waals surface area contributed by atoms with Crippen molar-refractivity contribution in [1.82, 2.24) is 29.4 Å². The summed E-state index contributed by atoms with van der Waals surface area (Å²) in [6, 6.07) is 15.9. The van der Waals surface area contributed by atoms with Crippen LogP contribution in [0.1, 0.15) is 36.0 Å². The Morgan fingerprint density at radius 3 is 0.767 bits per heavy atom. The Bertz CT molecular complexity index is 1690. The number of rotatable bonds is 15. The summed E-state index contributed by atoms with van der Waals surface area (Å²) in [7, 11) is 0. The first kappa shape index (κ1) is 46.8. The van der Waals surface area contributed by atoms with Gasteiger partial charge in [0.25, 0.3) is 0 Å². The van der Waals surface area contributed by atoms with Gasteiger partial charge in [0.15, 0.2) is 0 Å². The van der Waals surface area contributed by atoms with Crippen LogP contribution in [0.4, 0.5) is 13.2 Å². The molecule has 1 aliphatic heterocycles. The van der Waals surface area contributed by atoms with Crippen LogP contribution in [0.3, 0.4) is 0 Å². The fourth-order valence-electron chi connectivity index (χ4n) is 6.43. The average molecular weight is 838 g/mol. The van der Waals surface area contributed by atoms with E-state index in [-0.39, 0.29) is 78.2 Å². The van der Waals surface area contributed by atoms with Gasteiger partial charge in [-0.25, -0.2) is 13.2 Å². The van der Waals surface area contributed by atoms with Crippen molar-refractivity contribution in [2.24, 2.45) is 17.2 Å². The normalized spacial score (nSPS) is 15.9. The largest absolute Gasteiger partial charge is 0.332 e. The van der Waals surface area contributed by atoms with Crippen molar-refractivity contribution in [3.8, 4) is 0 Å². The Balaban J connectivity index is 1.81. The summed E-state index contributed by atoms with van der Waals surface area (Å²) in [5.74, 6) is -5.43. The zero-order valence-corrected chi connectivity index (χ0v) is 33.7. The molecule has 1 fully saturated rings. The SMILES string of the molecule is NCCCN1CC(=O)N(Cc2ccc(F)cc2)CC(=O)N(CCCN)CC(=O)N(Cc2ccc(F)cc2)CC(=O)N(CCCN)CC(=O)N(Cc2ccc(F)cc2)CC1=O. The molecule has 60 heavy (non-hydrogen) atoms. The van der Waals surface area contributed by atoms with Gasteiger partial charge in [-0.2, -0.15) is 0 Å². The summed E-state index contributed by atoms with van der Waals surface area (Å²) in [4.78, 5) is 92.4. The van der Waals surface area contributed by atoms with Crippen LogP contribution in [0, 0.1) is 17.5 Å². The molecule has 0 saturated carbocycles. The minimum atomic E-state index is -0.655. The van der Waals surface area contributed by atoms with Gasteiger partial charge in [-0.05, 0) is 92.0 Å². The van der Waals surface area contributed by atoms with Gasteiger partial charge >= 0.3 is 0 Å². The molecule has 0 spiro atoms. The summed E-state index contributed by atoms with van der Waals surface area (Å²) in [6.07, 6.45) is 0.853. The molecule has 0 aromatic heterocycles. The van der Waals surface area contributed by atoms with Gasteiger partial charge in [-0.1, -0.05) is 36.4 Å². The number of carbonyl (C=O) groups excluding carboxylic acids is 6. The fraction of sp³-hybridized carbons (Fsp3) is 0.429. The van der Waals surface area contributed by atoms with Crippen LogP contribution < -0.4 is 17.2 Å². The minimum absolute atomic E-state index is 0.0140. The molecule has 0 atom stereocenters. The lowest BCUT2D eigenvalue weighted by Crippen LogP contribution is -2.53. The van der Waals surface area contributed by atoms with E-state index in [4.69, 9.17) is 17.2 Å². The lowest BCUT2D eigenvalue weighted by molar-refractivity contribution is -0.150. The van der Waals surface area contributed by atoms with Gasteiger partial charge in [-0.15, -0.1) is 0 Å². The van der Waals surface area contributed by atoms with E-state index < -0.39 is 92.2 Å². The third-order valence-corrected chi connectivity index (χ3v) is 9.83. The topological polar surface area (TPSA) is 200 Å². The summed E-state index contributed by atoms with van der Waals surface area (Å²) in [5, 5.41) is 0. The fourth-order valence-corrected chi connectivity index (χ4v) is 6.43. The molecule has 0 bridgehead atoms. The Hall–Kier alpha value is -5.85. The first-order chi connectivity index (χ1) is 28.8. The van der Waals surface area contributed by atoms with E-state index in [1.807, 2.05) is 0 Å². The molecular weight excluding hydrogens is 784 g/mol. The average Bonchev–Trinajstić information content (AvgIpc) is 3.23. The monoisotopic (exact) mass is 837 g/mol. The van der Waals surface area contributed by atoms with Crippen LogP contribution >= 0.6 is 0 Å². The second kappa shape index (κ2) is 23.7. The second-order valence-electron chi connectivity index (χ2n) is 14.5. The molecule has 0 radical (unpaired) electrons. The molecule has 4 rings (SSSR count). The maximum absolute atomic E-state index is 14.2. The molecule has 15 nitrogen and oxygen atoms in total. The summed E-state index contributed by atoms with van der Waals surface area (Å²) in [5.41, 5.74) is 18.8. The number of halogens is 3. The van der Waals surface area contributed by atoms with E-state index >= 15 is 0 Å². The van der Waals surface area contributed by atoms with Crippen molar-refractivity contribution in [2.45, 2.75) is 38.9 Å². The van der Waals surface area contributed by atoms with Crippen LogP contribution in [0.5, 0.6) is 0 Å². The highest BCUT2D eigenvalue weighted by Gasteiger charge is 2.31. The van der Waals surface area contributed by atoms with Crippen LogP contribution in [0.15, 0.2) is 72.8 Å². The van der Waals surface area contributed by atoms with Crippen molar-refractivity contribution in [1.29, 1.82) is 0 Å². The van der Waals surface area contributed by atoms with E-state index in [0.29, 0.717) is 16.7 Å². The lowest BCUT2D eigenvalue weighted by atomic mass is 10.2. The van der Waals surface area contributed by atoms with Crippen LogP contribution in [0.25, 0.3) is 0 Å². The van der Waals surface area contributed by atoms with E-state index in [1.165, 1.54) is 102 Å². The molecule has 18 heteroatoms. The molecule has 1 aliphatic rings. The number of hydrogen-bond acceptors (Lipinski definition) is 9. The van der Waals surface area contributed by atoms with Crippen LogP contribution in [-0.2, 0) is 48.4 Å². The van der Waals surface area contributed by atoms with E-state index in [2.05, 4.69) is 0 Å². The standard InChI is InChI=1S/C42H54F3N9O6/c43-34-10-4-31(5-11-34)22-52-28-37(55)49(19-1-16-46)25-40(58)53(23-32-6-12-35(44)13-7-32)29-38(56)51(21-3-18-48)27-42(60)54(24-33-8-14-36(45)15-9-33)30-39(57)50(20-2-17-47)26-41(52)59/h4-15H,1-3,16-30,46-48H2. The van der Waals surface area contributed by atoms with Crippen molar-refractivity contribution >= 4 is 35.4 Å². The lowest BCUT2D eigenvalue weighted by Gasteiger charge is -2.34. The molecule has 6 amide bonds. The first-order valence-electron chi connectivity index (χ1n) is 19.8. The van der Waals surface area contributed by atoms with Crippen LogP contribution in [0.2, 0.25) is 0 Å². The number of nitrogens with two attached hydrogens (primary N) is 3. The molecular formula is C42H54F3N9O6. The van der Waals surface area contributed by atoms with Gasteiger partial charge in [0, 0.05) is 39.3 Å². The Morgan fingerprint density at radius 2 is 0.550 bits per heavy atom. The smallest absolute Gasteiger partial charge is 0.242 e. The maximum atomic E-state index is 14.2. The third-order valence-electron chi connectivity index (χ3n) is 9.83. The summed E-state index contributed by atoms with van der Waals surface area (Å²) in [6.45, 7) is -3.20. The molecule has 0 aliphatic carbocycles. The number of nitrogens with zero attached hydrogens (tertiary/aromatic N) is 6. The van der Waals surface area contributed by atoms with Crippen molar-refractivity contribution in [3.63, 3.8) is 0 Å². The maximum Gasteiger partial charge on any atom is 0.242 e. The Morgan fingerprint density at radius 1 is 0.350 bits per heavy atom. The summed E-state index contributed by atoms with van der Waals surface area (Å²) >= 11 is 0. The predicted octanol–water partition coefficient (Wildman–Crippen LogP) is 1.04. The van der Waals surface area contributed by atoms with Crippen molar-refractivity contribution < 1.29 is 41.9 Å².